The van der Waals surface area contributed by atoms with Gasteiger partial charge in [-0.1, -0.05) is 34.6 Å². The van der Waals surface area contributed by atoms with E-state index < -0.39 is 5.60 Å². The zero-order chi connectivity index (χ0) is 29.7. The lowest BCUT2D eigenvalue weighted by Gasteiger charge is -2.71. The Hall–Kier alpha value is -1.14. The molecule has 1 heterocycles. The fraction of sp³-hybridized carbons (Fsp3) is 0.941. The first-order valence-electron chi connectivity index (χ1n) is 16.0. The third-order valence-corrected chi connectivity index (χ3v) is 13.8. The van der Waals surface area contributed by atoms with Crippen LogP contribution in [0, 0.1) is 45.3 Å². The largest absolute Gasteiger partial charge is 0.462 e. The number of esters is 2. The van der Waals surface area contributed by atoms with Crippen LogP contribution in [0.15, 0.2) is 0 Å². The molecule has 0 spiro atoms. The van der Waals surface area contributed by atoms with Gasteiger partial charge in [-0.2, -0.15) is 0 Å². The first kappa shape index (κ1) is 30.3. The summed E-state index contributed by atoms with van der Waals surface area (Å²) in [6.45, 7) is 21.2. The van der Waals surface area contributed by atoms with Crippen molar-refractivity contribution in [3.8, 4) is 0 Å². The average molecular weight is 561 g/mol. The molecule has 4 aliphatic carbocycles. The van der Waals surface area contributed by atoms with Crippen LogP contribution in [-0.4, -0.2) is 46.6 Å². The van der Waals surface area contributed by atoms with E-state index in [0.29, 0.717) is 17.8 Å². The lowest BCUT2D eigenvalue weighted by Crippen LogP contribution is -2.68. The van der Waals surface area contributed by atoms with E-state index in [1.54, 1.807) is 6.92 Å². The summed E-state index contributed by atoms with van der Waals surface area (Å²) in [6.07, 6.45) is 8.66. The Morgan fingerprint density at radius 2 is 1.43 bits per heavy atom. The fourth-order valence-electron chi connectivity index (χ4n) is 11.8. The molecule has 6 heteroatoms. The maximum Gasteiger partial charge on any atom is 0.302 e. The average Bonchev–Trinajstić information content (AvgIpc) is 3.37. The molecule has 5 fully saturated rings. The topological polar surface area (TPSA) is 82.1 Å². The Balaban J connectivity index is 1.52. The van der Waals surface area contributed by atoms with E-state index in [9.17, 15) is 14.7 Å². The van der Waals surface area contributed by atoms with Crippen LogP contribution in [0.5, 0.6) is 0 Å². The first-order valence-corrected chi connectivity index (χ1v) is 16.0. The van der Waals surface area contributed by atoms with Gasteiger partial charge in [-0.15, -0.1) is 0 Å². The van der Waals surface area contributed by atoms with Crippen molar-refractivity contribution in [2.75, 3.05) is 0 Å². The minimum atomic E-state index is -0.853. The van der Waals surface area contributed by atoms with E-state index in [1.807, 2.05) is 13.8 Å². The maximum atomic E-state index is 12.6. The molecule has 0 bridgehead atoms. The fourth-order valence-corrected chi connectivity index (χ4v) is 11.8. The molecule has 0 amide bonds. The molecule has 0 aromatic rings. The molecular formula is C34H56O6. The van der Waals surface area contributed by atoms with Gasteiger partial charge in [0, 0.05) is 25.2 Å². The number of hydrogen-bond acceptors (Lipinski definition) is 6. The summed E-state index contributed by atoms with van der Waals surface area (Å²) in [4.78, 5) is 24.6. The van der Waals surface area contributed by atoms with Gasteiger partial charge in [-0.3, -0.25) is 9.59 Å². The molecule has 11 atom stereocenters. The molecule has 5 aliphatic rings. The Labute approximate surface area is 242 Å². The number of carbonyl (C=O) groups excluding carboxylic acids is 2. The van der Waals surface area contributed by atoms with Crippen LogP contribution < -0.4 is 0 Å². The molecule has 5 rings (SSSR count). The standard InChI is InChI=1S/C34H56O6/c1-20(35)38-24-19-23-22(34(10)18-14-27(40-34)30(5,6)37)11-16-32(23,8)33(9)17-12-25-29(3,4)26(39-21(2)36)13-15-31(25,7)28(24)33/h22-28,37H,11-19H2,1-10H3/t22-,23?,24+,25?,26+,27-,28?,31-,32+,33+,34?/m0/s1. The zero-order valence-corrected chi connectivity index (χ0v) is 26.9. The lowest BCUT2D eigenvalue weighted by molar-refractivity contribution is -0.263. The molecule has 0 aromatic heterocycles. The van der Waals surface area contributed by atoms with Crippen molar-refractivity contribution in [1.82, 2.24) is 0 Å². The molecule has 1 aliphatic heterocycles. The van der Waals surface area contributed by atoms with Crippen molar-refractivity contribution in [3.63, 3.8) is 0 Å². The van der Waals surface area contributed by atoms with Gasteiger partial charge in [0.25, 0.3) is 0 Å². The minimum Gasteiger partial charge on any atom is -0.462 e. The highest BCUT2D eigenvalue weighted by molar-refractivity contribution is 5.66. The van der Waals surface area contributed by atoms with Crippen molar-refractivity contribution in [2.24, 2.45) is 45.3 Å². The Morgan fingerprint density at radius 1 is 0.800 bits per heavy atom. The van der Waals surface area contributed by atoms with Gasteiger partial charge >= 0.3 is 11.9 Å². The van der Waals surface area contributed by atoms with E-state index in [4.69, 9.17) is 14.2 Å². The predicted molar refractivity (Wildman–Crippen MR) is 154 cm³/mol. The SMILES string of the molecule is CC(=O)O[C@@H]1CC2[C@@H](C3(C)CC[C@@H](C(C)(C)O)O3)CC[C@@]2(C)[C@]2(C)CCC3C(C)(C)[C@H](OC(C)=O)CC[C@]3(C)C12. The zero-order valence-electron chi connectivity index (χ0n) is 26.9. The van der Waals surface area contributed by atoms with E-state index in [2.05, 4.69) is 41.5 Å². The summed E-state index contributed by atoms with van der Waals surface area (Å²) in [7, 11) is 0. The van der Waals surface area contributed by atoms with Gasteiger partial charge < -0.3 is 19.3 Å². The highest BCUT2D eigenvalue weighted by Gasteiger charge is 2.73. The number of carbonyl (C=O) groups is 2. The van der Waals surface area contributed by atoms with E-state index >= 15 is 0 Å². The van der Waals surface area contributed by atoms with E-state index in [1.165, 1.54) is 6.92 Å². The minimum absolute atomic E-state index is 0.0148. The second-order valence-corrected chi connectivity index (χ2v) is 16.6. The second-order valence-electron chi connectivity index (χ2n) is 16.6. The molecular weight excluding hydrogens is 504 g/mol. The Morgan fingerprint density at radius 3 is 2.00 bits per heavy atom. The molecule has 0 aromatic carbocycles. The third kappa shape index (κ3) is 4.31. The number of hydrogen-bond donors (Lipinski definition) is 1. The number of ether oxygens (including phenoxy) is 3. The normalized spacial score (nSPS) is 49.9. The first-order chi connectivity index (χ1) is 18.3. The monoisotopic (exact) mass is 560 g/mol. The van der Waals surface area contributed by atoms with Crippen molar-refractivity contribution >= 4 is 11.9 Å². The van der Waals surface area contributed by atoms with Crippen molar-refractivity contribution in [3.05, 3.63) is 0 Å². The molecule has 6 nitrogen and oxygen atoms in total. The van der Waals surface area contributed by atoms with Gasteiger partial charge in [-0.05, 0) is 113 Å². The summed E-state index contributed by atoms with van der Waals surface area (Å²) in [6, 6.07) is 0. The van der Waals surface area contributed by atoms with Crippen molar-refractivity contribution in [2.45, 2.75) is 157 Å². The highest BCUT2D eigenvalue weighted by Crippen LogP contribution is 2.76. The molecule has 1 saturated heterocycles. The van der Waals surface area contributed by atoms with E-state index in [0.717, 1.165) is 57.8 Å². The van der Waals surface area contributed by atoms with Crippen LogP contribution in [0.3, 0.4) is 0 Å². The van der Waals surface area contributed by atoms with Crippen LogP contribution in [-0.2, 0) is 23.8 Å². The number of rotatable bonds is 4. The smallest absolute Gasteiger partial charge is 0.302 e. The van der Waals surface area contributed by atoms with Gasteiger partial charge in [0.15, 0.2) is 0 Å². The van der Waals surface area contributed by atoms with Crippen LogP contribution in [0.1, 0.15) is 127 Å². The van der Waals surface area contributed by atoms with Gasteiger partial charge in [0.2, 0.25) is 0 Å². The molecule has 4 unspecified atom stereocenters. The quantitative estimate of drug-likeness (QED) is 0.379. The van der Waals surface area contributed by atoms with Crippen molar-refractivity contribution < 1.29 is 28.9 Å². The Bertz CT molecular complexity index is 1030. The van der Waals surface area contributed by atoms with Gasteiger partial charge in [0.1, 0.15) is 12.2 Å². The third-order valence-electron chi connectivity index (χ3n) is 13.8. The number of fused-ring (bicyclic) bond motifs is 5. The Kier molecular flexibility index (Phi) is 7.15. The molecule has 4 saturated carbocycles. The summed E-state index contributed by atoms with van der Waals surface area (Å²) >= 11 is 0. The molecule has 40 heavy (non-hydrogen) atoms. The lowest BCUT2D eigenvalue weighted by atomic mass is 9.35. The molecule has 228 valence electrons. The summed E-state index contributed by atoms with van der Waals surface area (Å²) in [5.74, 6) is 1.03. The summed E-state index contributed by atoms with van der Waals surface area (Å²) in [5, 5.41) is 10.7. The highest BCUT2D eigenvalue weighted by atomic mass is 16.5. The van der Waals surface area contributed by atoms with Crippen LogP contribution >= 0.6 is 0 Å². The van der Waals surface area contributed by atoms with Crippen LogP contribution in [0.25, 0.3) is 0 Å². The maximum absolute atomic E-state index is 12.6. The predicted octanol–water partition coefficient (Wildman–Crippen LogP) is 6.85. The molecule has 1 N–H and O–H groups in total. The summed E-state index contributed by atoms with van der Waals surface area (Å²) < 4.78 is 19.0. The summed E-state index contributed by atoms with van der Waals surface area (Å²) in [5.41, 5.74) is -1.16. The van der Waals surface area contributed by atoms with E-state index in [-0.39, 0.29) is 63.4 Å². The van der Waals surface area contributed by atoms with Crippen LogP contribution in [0.2, 0.25) is 0 Å². The van der Waals surface area contributed by atoms with Gasteiger partial charge in [-0.25, -0.2) is 0 Å². The second kappa shape index (κ2) is 9.43. The number of aliphatic hydroxyl groups is 1. The van der Waals surface area contributed by atoms with Crippen molar-refractivity contribution in [1.29, 1.82) is 0 Å². The van der Waals surface area contributed by atoms with Crippen LogP contribution in [0.4, 0.5) is 0 Å². The molecule has 0 radical (unpaired) electrons. The van der Waals surface area contributed by atoms with Gasteiger partial charge in [0.05, 0.1) is 17.3 Å².